The number of hydrogen-bond donors (Lipinski definition) is 2. The highest BCUT2D eigenvalue weighted by molar-refractivity contribution is 5.92. The number of nitrogens with zero attached hydrogens (tertiary/aromatic N) is 2. The number of hydrogen-bond acceptors (Lipinski definition) is 4. The van der Waals surface area contributed by atoms with E-state index in [4.69, 9.17) is 5.73 Å². The van der Waals surface area contributed by atoms with Crippen molar-refractivity contribution in [3.63, 3.8) is 0 Å². The summed E-state index contributed by atoms with van der Waals surface area (Å²) in [5, 5.41) is 2.67. The number of amides is 1. The predicted molar refractivity (Wildman–Crippen MR) is 56.9 cm³/mol. The Kier molecular flexibility index (Phi) is 3.36. The second-order valence-corrected chi connectivity index (χ2v) is 4.41. The Morgan fingerprint density at radius 2 is 2.13 bits per heavy atom. The van der Waals surface area contributed by atoms with E-state index in [1.54, 1.807) is 0 Å². The third-order valence-corrected chi connectivity index (χ3v) is 2.02. The third kappa shape index (κ3) is 3.28. The van der Waals surface area contributed by atoms with Crippen LogP contribution in [0.4, 0.5) is 0 Å². The molecule has 0 aromatic carbocycles. The van der Waals surface area contributed by atoms with Crippen LogP contribution in [-0.4, -0.2) is 22.0 Å². The molecule has 5 heteroatoms. The molecule has 1 aromatic rings. The second-order valence-electron chi connectivity index (χ2n) is 4.41. The first kappa shape index (κ1) is 11.6. The zero-order valence-corrected chi connectivity index (χ0v) is 9.19. The zero-order chi connectivity index (χ0) is 11.5. The molecule has 0 saturated carbocycles. The number of nitrogens with one attached hydrogen (secondary N) is 1. The highest BCUT2D eigenvalue weighted by Gasteiger charge is 2.23. The highest BCUT2D eigenvalue weighted by Crippen LogP contribution is 2.15. The van der Waals surface area contributed by atoms with Crippen LogP contribution >= 0.6 is 0 Å². The fourth-order valence-electron chi connectivity index (χ4n) is 0.848. The van der Waals surface area contributed by atoms with E-state index in [2.05, 4.69) is 15.3 Å². The van der Waals surface area contributed by atoms with Crippen molar-refractivity contribution in [2.75, 3.05) is 0 Å². The predicted octanol–water partition coefficient (Wildman–Crippen LogP) is 0.537. The van der Waals surface area contributed by atoms with Crippen molar-refractivity contribution in [2.24, 2.45) is 11.1 Å². The summed E-state index contributed by atoms with van der Waals surface area (Å²) in [6.45, 7) is 5.86. The van der Waals surface area contributed by atoms with Crippen molar-refractivity contribution in [3.05, 3.63) is 24.3 Å². The maximum absolute atomic E-state index is 11.6. The van der Waals surface area contributed by atoms with Crippen molar-refractivity contribution in [3.8, 4) is 0 Å². The number of rotatable bonds is 2. The van der Waals surface area contributed by atoms with E-state index in [1.807, 2.05) is 20.8 Å². The van der Waals surface area contributed by atoms with Gasteiger partial charge in [-0.1, -0.05) is 20.8 Å². The molecule has 0 aliphatic rings. The standard InChI is InChI=1S/C10H16N4O/c1-10(2,3)9(11)14-8(15)7-6-12-4-5-13-7/h4-6,9H,11H2,1-3H3,(H,14,15). The Morgan fingerprint density at radius 3 is 2.60 bits per heavy atom. The van der Waals surface area contributed by atoms with Crippen LogP contribution in [0.25, 0.3) is 0 Å². The summed E-state index contributed by atoms with van der Waals surface area (Å²) in [5.74, 6) is -0.300. The molecule has 0 aliphatic carbocycles. The van der Waals surface area contributed by atoms with Crippen LogP contribution in [0, 0.1) is 5.41 Å². The molecule has 0 spiro atoms. The van der Waals surface area contributed by atoms with Gasteiger partial charge in [-0.05, 0) is 5.41 Å². The average molecular weight is 208 g/mol. The number of aromatic nitrogens is 2. The molecule has 15 heavy (non-hydrogen) atoms. The number of carbonyl (C=O) groups excluding carboxylic acids is 1. The topological polar surface area (TPSA) is 80.9 Å². The summed E-state index contributed by atoms with van der Waals surface area (Å²) in [6.07, 6.45) is 3.98. The summed E-state index contributed by atoms with van der Waals surface area (Å²) in [7, 11) is 0. The first-order valence-electron chi connectivity index (χ1n) is 4.74. The molecule has 1 amide bonds. The van der Waals surface area contributed by atoms with Gasteiger partial charge in [-0.25, -0.2) is 4.98 Å². The van der Waals surface area contributed by atoms with Gasteiger partial charge in [0, 0.05) is 12.4 Å². The molecule has 1 unspecified atom stereocenters. The van der Waals surface area contributed by atoms with E-state index in [-0.39, 0.29) is 17.0 Å². The zero-order valence-electron chi connectivity index (χ0n) is 9.19. The van der Waals surface area contributed by atoms with Gasteiger partial charge in [-0.3, -0.25) is 9.78 Å². The van der Waals surface area contributed by atoms with Crippen molar-refractivity contribution in [2.45, 2.75) is 26.9 Å². The minimum atomic E-state index is -0.410. The van der Waals surface area contributed by atoms with Crippen molar-refractivity contribution in [1.29, 1.82) is 0 Å². The second kappa shape index (κ2) is 4.35. The van der Waals surface area contributed by atoms with E-state index >= 15 is 0 Å². The van der Waals surface area contributed by atoms with Crippen LogP contribution in [0.1, 0.15) is 31.3 Å². The Labute approximate surface area is 89.1 Å². The van der Waals surface area contributed by atoms with Gasteiger partial charge in [-0.15, -0.1) is 0 Å². The van der Waals surface area contributed by atoms with Gasteiger partial charge in [0.15, 0.2) is 0 Å². The van der Waals surface area contributed by atoms with Crippen LogP contribution in [0.3, 0.4) is 0 Å². The lowest BCUT2D eigenvalue weighted by molar-refractivity contribution is 0.0899. The quantitative estimate of drug-likeness (QED) is 0.695. The van der Waals surface area contributed by atoms with E-state index < -0.39 is 6.17 Å². The van der Waals surface area contributed by atoms with E-state index in [0.717, 1.165) is 0 Å². The van der Waals surface area contributed by atoms with Gasteiger partial charge >= 0.3 is 0 Å². The summed E-state index contributed by atoms with van der Waals surface area (Å²) >= 11 is 0. The molecule has 1 heterocycles. The smallest absolute Gasteiger partial charge is 0.272 e. The summed E-state index contributed by atoms with van der Waals surface area (Å²) in [6, 6.07) is 0. The molecule has 1 aromatic heterocycles. The Hall–Kier alpha value is -1.49. The average Bonchev–Trinajstić information content (AvgIpc) is 2.17. The van der Waals surface area contributed by atoms with Crippen LogP contribution in [0.2, 0.25) is 0 Å². The van der Waals surface area contributed by atoms with Crippen LogP contribution < -0.4 is 11.1 Å². The summed E-state index contributed by atoms with van der Waals surface area (Å²) < 4.78 is 0. The number of carbonyl (C=O) groups is 1. The lowest BCUT2D eigenvalue weighted by atomic mass is 9.93. The normalized spacial score (nSPS) is 13.3. The first-order chi connectivity index (χ1) is 6.91. The lowest BCUT2D eigenvalue weighted by Gasteiger charge is -2.27. The SMILES string of the molecule is CC(C)(C)C(N)NC(=O)c1cnccn1. The van der Waals surface area contributed by atoms with Crippen molar-refractivity contribution in [1.82, 2.24) is 15.3 Å². The minimum Gasteiger partial charge on any atom is -0.335 e. The molecule has 0 radical (unpaired) electrons. The van der Waals surface area contributed by atoms with Gasteiger partial charge in [0.2, 0.25) is 0 Å². The molecule has 1 atom stereocenters. The number of nitrogens with two attached hydrogens (primary N) is 1. The molecule has 0 aliphatic heterocycles. The summed E-state index contributed by atoms with van der Waals surface area (Å²) in [4.78, 5) is 19.3. The molecule has 1 rings (SSSR count). The van der Waals surface area contributed by atoms with Crippen molar-refractivity contribution >= 4 is 5.91 Å². The molecule has 5 nitrogen and oxygen atoms in total. The van der Waals surface area contributed by atoms with Gasteiger partial charge < -0.3 is 11.1 Å². The van der Waals surface area contributed by atoms with Crippen LogP contribution in [0.15, 0.2) is 18.6 Å². The minimum absolute atomic E-state index is 0.183. The van der Waals surface area contributed by atoms with E-state index in [9.17, 15) is 4.79 Å². The molecular weight excluding hydrogens is 192 g/mol. The van der Waals surface area contributed by atoms with E-state index in [1.165, 1.54) is 18.6 Å². The highest BCUT2D eigenvalue weighted by atomic mass is 16.2. The Bertz CT molecular complexity index is 331. The fraction of sp³-hybridized carbons (Fsp3) is 0.500. The first-order valence-corrected chi connectivity index (χ1v) is 4.74. The fourth-order valence-corrected chi connectivity index (χ4v) is 0.848. The van der Waals surface area contributed by atoms with Crippen LogP contribution in [0.5, 0.6) is 0 Å². The Morgan fingerprint density at radius 1 is 1.47 bits per heavy atom. The molecule has 82 valence electrons. The molecular formula is C10H16N4O. The molecule has 0 fully saturated rings. The Balaban J connectivity index is 2.65. The maximum Gasteiger partial charge on any atom is 0.272 e. The maximum atomic E-state index is 11.6. The van der Waals surface area contributed by atoms with Gasteiger partial charge in [0.05, 0.1) is 12.4 Å². The molecule has 0 bridgehead atoms. The van der Waals surface area contributed by atoms with Crippen LogP contribution in [-0.2, 0) is 0 Å². The van der Waals surface area contributed by atoms with Gasteiger partial charge in [0.1, 0.15) is 5.69 Å². The van der Waals surface area contributed by atoms with Gasteiger partial charge in [-0.2, -0.15) is 0 Å². The third-order valence-electron chi connectivity index (χ3n) is 2.02. The summed E-state index contributed by atoms with van der Waals surface area (Å²) in [5.41, 5.74) is 5.90. The van der Waals surface area contributed by atoms with Crippen molar-refractivity contribution < 1.29 is 4.79 Å². The largest absolute Gasteiger partial charge is 0.335 e. The monoisotopic (exact) mass is 208 g/mol. The molecule has 3 N–H and O–H groups in total. The van der Waals surface area contributed by atoms with E-state index in [0.29, 0.717) is 0 Å². The lowest BCUT2D eigenvalue weighted by Crippen LogP contribution is -2.50. The van der Waals surface area contributed by atoms with Gasteiger partial charge in [0.25, 0.3) is 5.91 Å². The molecule has 0 saturated heterocycles.